The summed E-state index contributed by atoms with van der Waals surface area (Å²) in [7, 11) is -3.27. The smallest absolute Gasteiger partial charge is 0.317 e. The van der Waals surface area contributed by atoms with Gasteiger partial charge in [0.05, 0.1) is 12.3 Å². The Morgan fingerprint density at radius 3 is 2.59 bits per heavy atom. The monoisotopic (exact) mass is 262 g/mol. The second-order valence-electron chi connectivity index (χ2n) is 3.99. The van der Waals surface area contributed by atoms with Gasteiger partial charge in [0, 0.05) is 26.2 Å². The minimum Gasteiger partial charge on any atom is -0.480 e. The van der Waals surface area contributed by atoms with Crippen LogP contribution >= 0.6 is 0 Å². The van der Waals surface area contributed by atoms with Crippen LogP contribution in [0.15, 0.2) is 12.7 Å². The van der Waals surface area contributed by atoms with E-state index in [0.29, 0.717) is 32.6 Å². The van der Waals surface area contributed by atoms with Crippen molar-refractivity contribution < 1.29 is 18.3 Å². The minimum atomic E-state index is -3.27. The van der Waals surface area contributed by atoms with Crippen LogP contribution in [0.3, 0.4) is 0 Å². The molecule has 1 heterocycles. The Kier molecular flexibility index (Phi) is 5.10. The van der Waals surface area contributed by atoms with Gasteiger partial charge in [-0.25, -0.2) is 12.7 Å². The molecular weight excluding hydrogens is 244 g/mol. The van der Waals surface area contributed by atoms with Gasteiger partial charge in [-0.15, -0.1) is 6.58 Å². The van der Waals surface area contributed by atoms with Gasteiger partial charge in [-0.05, 0) is 6.42 Å². The molecule has 0 aliphatic carbocycles. The van der Waals surface area contributed by atoms with Crippen LogP contribution in [-0.4, -0.2) is 67.2 Å². The Morgan fingerprint density at radius 2 is 2.00 bits per heavy atom. The first kappa shape index (κ1) is 14.1. The number of sulfonamides is 1. The van der Waals surface area contributed by atoms with Gasteiger partial charge in [0.25, 0.3) is 0 Å². The molecule has 0 bridgehead atoms. The van der Waals surface area contributed by atoms with E-state index in [0.717, 1.165) is 0 Å². The highest BCUT2D eigenvalue weighted by molar-refractivity contribution is 7.89. The molecule has 7 heteroatoms. The third kappa shape index (κ3) is 4.45. The summed E-state index contributed by atoms with van der Waals surface area (Å²) in [6, 6.07) is 0. The molecule has 1 saturated heterocycles. The standard InChI is InChI=1S/C10H18N2O4S/c1-2-8-17(15,16)12-5-3-4-11(6-7-12)9-10(13)14/h2H,1,3-9H2,(H,13,14). The predicted octanol–water partition coefficient (Wildman–Crippen LogP) is -0.405. The van der Waals surface area contributed by atoms with Crippen molar-refractivity contribution in [2.75, 3.05) is 38.5 Å². The number of hydrogen-bond acceptors (Lipinski definition) is 4. The molecule has 0 radical (unpaired) electrons. The molecule has 0 amide bonds. The van der Waals surface area contributed by atoms with E-state index in [2.05, 4.69) is 6.58 Å². The number of carbonyl (C=O) groups is 1. The van der Waals surface area contributed by atoms with Crippen LogP contribution in [0.1, 0.15) is 6.42 Å². The van der Waals surface area contributed by atoms with E-state index in [1.165, 1.54) is 10.4 Å². The summed E-state index contributed by atoms with van der Waals surface area (Å²) >= 11 is 0. The fourth-order valence-electron chi connectivity index (χ4n) is 1.83. The van der Waals surface area contributed by atoms with Crippen molar-refractivity contribution in [1.82, 2.24) is 9.21 Å². The molecule has 17 heavy (non-hydrogen) atoms. The van der Waals surface area contributed by atoms with Crippen LogP contribution in [0.25, 0.3) is 0 Å². The molecule has 1 aliphatic rings. The molecule has 1 fully saturated rings. The predicted molar refractivity (Wildman–Crippen MR) is 64.2 cm³/mol. The Bertz CT molecular complexity index is 380. The molecular formula is C10H18N2O4S. The fraction of sp³-hybridized carbons (Fsp3) is 0.700. The molecule has 1 N–H and O–H groups in total. The third-order valence-electron chi connectivity index (χ3n) is 2.63. The Labute approximate surface area is 102 Å². The van der Waals surface area contributed by atoms with E-state index in [1.807, 2.05) is 0 Å². The summed E-state index contributed by atoms with van der Waals surface area (Å²) < 4.78 is 25.0. The first-order valence-electron chi connectivity index (χ1n) is 5.48. The van der Waals surface area contributed by atoms with Gasteiger partial charge in [-0.1, -0.05) is 6.08 Å². The fourth-order valence-corrected chi connectivity index (χ4v) is 3.10. The molecule has 0 aromatic rings. The summed E-state index contributed by atoms with van der Waals surface area (Å²) in [4.78, 5) is 12.3. The van der Waals surface area contributed by atoms with Gasteiger partial charge in [0.1, 0.15) is 0 Å². The summed E-state index contributed by atoms with van der Waals surface area (Å²) in [5, 5.41) is 8.68. The molecule has 0 aromatic carbocycles. The lowest BCUT2D eigenvalue weighted by Gasteiger charge is -2.19. The van der Waals surface area contributed by atoms with Crippen molar-refractivity contribution in [3.63, 3.8) is 0 Å². The summed E-state index contributed by atoms with van der Waals surface area (Å²) in [5.41, 5.74) is 0. The maximum absolute atomic E-state index is 11.8. The van der Waals surface area contributed by atoms with Gasteiger partial charge in [0.2, 0.25) is 10.0 Å². The van der Waals surface area contributed by atoms with E-state index < -0.39 is 16.0 Å². The van der Waals surface area contributed by atoms with Crippen LogP contribution in [-0.2, 0) is 14.8 Å². The van der Waals surface area contributed by atoms with Crippen molar-refractivity contribution in [2.45, 2.75) is 6.42 Å². The first-order chi connectivity index (χ1) is 7.95. The number of carboxylic acid groups (broad SMARTS) is 1. The highest BCUT2D eigenvalue weighted by atomic mass is 32.2. The van der Waals surface area contributed by atoms with Crippen molar-refractivity contribution in [3.8, 4) is 0 Å². The number of nitrogens with zero attached hydrogens (tertiary/aromatic N) is 2. The number of aliphatic carboxylic acids is 1. The molecule has 1 rings (SSSR count). The molecule has 6 nitrogen and oxygen atoms in total. The van der Waals surface area contributed by atoms with Gasteiger partial charge in [0.15, 0.2) is 0 Å². The summed E-state index contributed by atoms with van der Waals surface area (Å²) in [5.74, 6) is -0.946. The average molecular weight is 262 g/mol. The normalized spacial score (nSPS) is 19.8. The molecule has 0 atom stereocenters. The molecule has 0 aromatic heterocycles. The van der Waals surface area contributed by atoms with Crippen molar-refractivity contribution in [3.05, 3.63) is 12.7 Å². The third-order valence-corrected chi connectivity index (χ3v) is 4.44. The molecule has 0 spiro atoms. The van der Waals surface area contributed by atoms with Crippen LogP contribution in [0.2, 0.25) is 0 Å². The van der Waals surface area contributed by atoms with Gasteiger partial charge >= 0.3 is 5.97 Å². The van der Waals surface area contributed by atoms with Crippen LogP contribution in [0, 0.1) is 0 Å². The lowest BCUT2D eigenvalue weighted by molar-refractivity contribution is -0.138. The Balaban J connectivity index is 2.58. The quantitative estimate of drug-likeness (QED) is 0.682. The Hall–Kier alpha value is -0.920. The van der Waals surface area contributed by atoms with Crippen molar-refractivity contribution >= 4 is 16.0 Å². The lowest BCUT2D eigenvalue weighted by atomic mass is 10.4. The second-order valence-corrected chi connectivity index (χ2v) is 6.00. The van der Waals surface area contributed by atoms with Crippen molar-refractivity contribution in [1.29, 1.82) is 0 Å². The van der Waals surface area contributed by atoms with E-state index in [4.69, 9.17) is 5.11 Å². The largest absolute Gasteiger partial charge is 0.480 e. The van der Waals surface area contributed by atoms with E-state index in [9.17, 15) is 13.2 Å². The number of carboxylic acids is 1. The van der Waals surface area contributed by atoms with Gasteiger partial charge in [-0.3, -0.25) is 9.69 Å². The maximum atomic E-state index is 11.8. The van der Waals surface area contributed by atoms with Gasteiger partial charge < -0.3 is 5.11 Å². The van der Waals surface area contributed by atoms with Crippen LogP contribution < -0.4 is 0 Å². The summed E-state index contributed by atoms with van der Waals surface area (Å²) in [6.45, 7) is 5.27. The zero-order chi connectivity index (χ0) is 12.9. The number of hydrogen-bond donors (Lipinski definition) is 1. The minimum absolute atomic E-state index is 0.0324. The maximum Gasteiger partial charge on any atom is 0.317 e. The van der Waals surface area contributed by atoms with Crippen LogP contribution in [0.4, 0.5) is 0 Å². The molecule has 98 valence electrons. The highest BCUT2D eigenvalue weighted by Gasteiger charge is 2.24. The van der Waals surface area contributed by atoms with Gasteiger partial charge in [-0.2, -0.15) is 0 Å². The molecule has 1 aliphatic heterocycles. The van der Waals surface area contributed by atoms with E-state index >= 15 is 0 Å². The molecule has 0 unspecified atom stereocenters. The lowest BCUT2D eigenvalue weighted by Crippen LogP contribution is -2.37. The SMILES string of the molecule is C=CCS(=O)(=O)N1CCCN(CC(=O)O)CC1. The summed E-state index contributed by atoms with van der Waals surface area (Å²) in [6.07, 6.45) is 2.03. The molecule has 0 saturated carbocycles. The van der Waals surface area contributed by atoms with E-state index in [-0.39, 0.29) is 12.3 Å². The second kappa shape index (κ2) is 6.13. The zero-order valence-corrected chi connectivity index (χ0v) is 10.5. The topological polar surface area (TPSA) is 77.9 Å². The zero-order valence-electron chi connectivity index (χ0n) is 9.71. The Morgan fingerprint density at radius 1 is 1.29 bits per heavy atom. The van der Waals surface area contributed by atoms with Crippen molar-refractivity contribution in [2.24, 2.45) is 0 Å². The van der Waals surface area contributed by atoms with E-state index in [1.54, 1.807) is 4.90 Å². The highest BCUT2D eigenvalue weighted by Crippen LogP contribution is 2.08. The number of rotatable bonds is 5. The average Bonchev–Trinajstić information content (AvgIpc) is 2.42. The van der Waals surface area contributed by atoms with Crippen LogP contribution in [0.5, 0.6) is 0 Å². The first-order valence-corrected chi connectivity index (χ1v) is 7.09.